The summed E-state index contributed by atoms with van der Waals surface area (Å²) in [6, 6.07) is 5.27. The first-order chi connectivity index (χ1) is 9.01. The molecule has 1 atom stereocenters. The Bertz CT molecular complexity index is 468. The van der Waals surface area contributed by atoms with Gasteiger partial charge in [0, 0.05) is 19.2 Å². The molecule has 1 unspecified atom stereocenters. The maximum atomic E-state index is 13.7. The van der Waals surface area contributed by atoms with Crippen LogP contribution in [0.3, 0.4) is 0 Å². The Kier molecular flexibility index (Phi) is 5.82. The van der Waals surface area contributed by atoms with Gasteiger partial charge in [0.1, 0.15) is 11.9 Å². The Hall–Kier alpha value is -1.56. The molecule has 0 heterocycles. The van der Waals surface area contributed by atoms with Crippen molar-refractivity contribution < 1.29 is 14.0 Å². The quantitative estimate of drug-likeness (QED) is 0.807. The molecule has 0 radical (unpaired) electrons. The third-order valence-electron chi connectivity index (χ3n) is 2.58. The van der Waals surface area contributed by atoms with Crippen molar-refractivity contribution in [3.05, 3.63) is 30.1 Å². The van der Waals surface area contributed by atoms with Gasteiger partial charge in [0.2, 0.25) is 11.8 Å². The summed E-state index contributed by atoms with van der Waals surface area (Å²) in [7, 11) is 0. The van der Waals surface area contributed by atoms with Crippen LogP contribution in [0.15, 0.2) is 24.3 Å². The van der Waals surface area contributed by atoms with Crippen LogP contribution in [0.2, 0.25) is 0 Å². The number of amides is 2. The summed E-state index contributed by atoms with van der Waals surface area (Å²) in [6.07, 6.45) is 0. The van der Waals surface area contributed by atoms with Crippen LogP contribution in [0.4, 0.5) is 10.1 Å². The van der Waals surface area contributed by atoms with Crippen molar-refractivity contribution in [2.75, 3.05) is 17.2 Å². The van der Waals surface area contributed by atoms with Gasteiger partial charge < -0.3 is 10.2 Å². The number of carbonyl (C=O) groups is 2. The monoisotopic (exact) mass is 284 g/mol. The average Bonchev–Trinajstić information content (AvgIpc) is 2.38. The Labute approximate surface area is 117 Å². The number of nitrogens with one attached hydrogen (secondary N) is 1. The van der Waals surface area contributed by atoms with Crippen molar-refractivity contribution in [2.45, 2.75) is 19.9 Å². The Balaban J connectivity index is 2.99. The van der Waals surface area contributed by atoms with E-state index in [1.54, 1.807) is 19.1 Å². The van der Waals surface area contributed by atoms with Gasteiger partial charge in [-0.15, -0.1) is 0 Å². The molecule has 0 aliphatic rings. The predicted octanol–water partition coefficient (Wildman–Crippen LogP) is 1.61. The first-order valence-electron chi connectivity index (χ1n) is 5.95. The van der Waals surface area contributed by atoms with Crippen molar-refractivity contribution in [3.8, 4) is 0 Å². The minimum absolute atomic E-state index is 0.156. The molecule has 0 spiro atoms. The molecule has 4 nitrogen and oxygen atoms in total. The highest BCUT2D eigenvalue weighted by molar-refractivity contribution is 7.80. The first-order valence-corrected chi connectivity index (χ1v) is 6.58. The third kappa shape index (κ3) is 3.96. The number of para-hydroxylation sites is 1. The summed E-state index contributed by atoms with van der Waals surface area (Å²) in [5, 5.41) is 2.50. The van der Waals surface area contributed by atoms with Crippen LogP contribution in [0.5, 0.6) is 0 Å². The second kappa shape index (κ2) is 7.13. The number of rotatable bonds is 5. The average molecular weight is 284 g/mol. The van der Waals surface area contributed by atoms with E-state index in [4.69, 9.17) is 0 Å². The molecule has 19 heavy (non-hydrogen) atoms. The van der Waals surface area contributed by atoms with Gasteiger partial charge in [-0.05, 0) is 19.1 Å². The Morgan fingerprint density at radius 2 is 2.05 bits per heavy atom. The fourth-order valence-electron chi connectivity index (χ4n) is 1.73. The summed E-state index contributed by atoms with van der Waals surface area (Å²) in [5.41, 5.74) is 0.201. The van der Waals surface area contributed by atoms with Crippen LogP contribution in [0, 0.1) is 5.82 Å². The molecule has 0 aliphatic carbocycles. The molecule has 6 heteroatoms. The molecule has 0 fully saturated rings. The molecule has 0 bridgehead atoms. The molecular formula is C13H17FN2O2S. The number of benzene rings is 1. The number of halogens is 1. The molecule has 1 rings (SSSR count). The highest BCUT2D eigenvalue weighted by Gasteiger charge is 2.25. The van der Waals surface area contributed by atoms with Gasteiger partial charge in [0.15, 0.2) is 0 Å². The van der Waals surface area contributed by atoms with Gasteiger partial charge in [0.25, 0.3) is 0 Å². The largest absolute Gasteiger partial charge is 0.344 e. The van der Waals surface area contributed by atoms with E-state index in [2.05, 4.69) is 17.9 Å². The molecule has 0 aromatic heterocycles. The van der Waals surface area contributed by atoms with Crippen molar-refractivity contribution >= 4 is 30.1 Å². The highest BCUT2D eigenvalue weighted by atomic mass is 32.1. The van der Waals surface area contributed by atoms with E-state index in [0.717, 1.165) is 0 Å². The van der Waals surface area contributed by atoms with Crippen LogP contribution in [0.1, 0.15) is 13.8 Å². The lowest BCUT2D eigenvalue weighted by molar-refractivity contribution is -0.125. The van der Waals surface area contributed by atoms with E-state index in [1.807, 2.05) is 0 Å². The summed E-state index contributed by atoms with van der Waals surface area (Å²) in [6.45, 7) is 3.38. The summed E-state index contributed by atoms with van der Waals surface area (Å²) in [4.78, 5) is 24.6. The van der Waals surface area contributed by atoms with Crippen LogP contribution in [-0.2, 0) is 9.59 Å². The van der Waals surface area contributed by atoms with Crippen LogP contribution in [0.25, 0.3) is 0 Å². The van der Waals surface area contributed by atoms with Gasteiger partial charge in [-0.3, -0.25) is 9.59 Å². The standard InChI is InChI=1S/C13H17FN2O2S/c1-3-16(12-7-5-4-6-10(12)14)13(18)11(8-19)15-9(2)17/h4-7,11,19H,3,8H2,1-2H3,(H,15,17). The zero-order valence-corrected chi connectivity index (χ0v) is 11.8. The summed E-state index contributed by atoms with van der Waals surface area (Å²) >= 11 is 4.05. The van der Waals surface area contributed by atoms with Crippen molar-refractivity contribution in [1.82, 2.24) is 5.32 Å². The maximum absolute atomic E-state index is 13.7. The number of nitrogens with zero attached hydrogens (tertiary/aromatic N) is 1. The topological polar surface area (TPSA) is 49.4 Å². The van der Waals surface area contributed by atoms with Crippen LogP contribution >= 0.6 is 12.6 Å². The SMILES string of the molecule is CCN(C(=O)C(CS)NC(C)=O)c1ccccc1F. The number of anilines is 1. The lowest BCUT2D eigenvalue weighted by Crippen LogP contribution is -2.49. The lowest BCUT2D eigenvalue weighted by Gasteiger charge is -2.26. The smallest absolute Gasteiger partial charge is 0.250 e. The second-order valence-electron chi connectivity index (χ2n) is 3.97. The molecule has 0 saturated carbocycles. The van der Waals surface area contributed by atoms with Gasteiger partial charge in [-0.25, -0.2) is 4.39 Å². The Morgan fingerprint density at radius 3 is 2.53 bits per heavy atom. The fraction of sp³-hybridized carbons (Fsp3) is 0.385. The van der Waals surface area contributed by atoms with Gasteiger partial charge in [-0.1, -0.05) is 12.1 Å². The van der Waals surface area contributed by atoms with Crippen LogP contribution < -0.4 is 10.2 Å². The highest BCUT2D eigenvalue weighted by Crippen LogP contribution is 2.19. The number of likely N-dealkylation sites (N-methyl/N-ethyl adjacent to an activating group) is 1. The normalized spacial score (nSPS) is 11.8. The van der Waals surface area contributed by atoms with E-state index < -0.39 is 11.9 Å². The zero-order valence-electron chi connectivity index (χ0n) is 10.9. The number of carbonyl (C=O) groups excluding carboxylic acids is 2. The molecular weight excluding hydrogens is 267 g/mol. The summed E-state index contributed by atoms with van der Waals surface area (Å²) in [5.74, 6) is -1.02. The van der Waals surface area contributed by atoms with E-state index >= 15 is 0 Å². The lowest BCUT2D eigenvalue weighted by atomic mass is 10.2. The molecule has 0 saturated heterocycles. The number of hydrogen-bond donors (Lipinski definition) is 2. The van der Waals surface area contributed by atoms with Crippen LogP contribution in [-0.4, -0.2) is 30.2 Å². The molecule has 1 aromatic carbocycles. The zero-order chi connectivity index (χ0) is 14.4. The van der Waals surface area contributed by atoms with E-state index in [1.165, 1.54) is 24.0 Å². The minimum Gasteiger partial charge on any atom is -0.344 e. The molecule has 1 aromatic rings. The molecule has 0 aliphatic heterocycles. The van der Waals surface area contributed by atoms with E-state index in [-0.39, 0.29) is 23.3 Å². The fourth-order valence-corrected chi connectivity index (χ4v) is 1.98. The maximum Gasteiger partial charge on any atom is 0.250 e. The molecule has 1 N–H and O–H groups in total. The van der Waals surface area contributed by atoms with Crippen molar-refractivity contribution in [1.29, 1.82) is 0 Å². The minimum atomic E-state index is -0.764. The Morgan fingerprint density at radius 1 is 1.42 bits per heavy atom. The van der Waals surface area contributed by atoms with Gasteiger partial charge in [0.05, 0.1) is 5.69 Å². The first kappa shape index (κ1) is 15.5. The van der Waals surface area contributed by atoms with Crippen molar-refractivity contribution in [2.24, 2.45) is 0 Å². The number of thiol groups is 1. The summed E-state index contributed by atoms with van der Waals surface area (Å²) < 4.78 is 13.7. The van der Waals surface area contributed by atoms with E-state index in [9.17, 15) is 14.0 Å². The third-order valence-corrected chi connectivity index (χ3v) is 2.95. The second-order valence-corrected chi connectivity index (χ2v) is 4.33. The number of hydrogen-bond acceptors (Lipinski definition) is 3. The van der Waals surface area contributed by atoms with E-state index in [0.29, 0.717) is 6.54 Å². The predicted molar refractivity (Wildman–Crippen MR) is 75.9 cm³/mol. The van der Waals surface area contributed by atoms with Crippen molar-refractivity contribution in [3.63, 3.8) is 0 Å². The molecule has 2 amide bonds. The van der Waals surface area contributed by atoms with Gasteiger partial charge in [-0.2, -0.15) is 12.6 Å². The molecule has 104 valence electrons. The van der Waals surface area contributed by atoms with Gasteiger partial charge >= 0.3 is 0 Å².